The second-order valence-corrected chi connectivity index (χ2v) is 8.80. The fourth-order valence-electron chi connectivity index (χ4n) is 3.37. The first kappa shape index (κ1) is 19.6. The molecule has 0 spiro atoms. The van der Waals surface area contributed by atoms with Gasteiger partial charge in [0.1, 0.15) is 6.04 Å². The Balaban J connectivity index is 1.53. The van der Waals surface area contributed by atoms with Crippen LogP contribution in [0.15, 0.2) is 42.7 Å². The van der Waals surface area contributed by atoms with Crippen molar-refractivity contribution in [3.8, 4) is 5.69 Å². The molecule has 146 valence electrons. The molecular formula is C19H26N4O3S. The summed E-state index contributed by atoms with van der Waals surface area (Å²) in [6.07, 6.45) is 6.24. The lowest BCUT2D eigenvalue weighted by Crippen LogP contribution is -2.46. The summed E-state index contributed by atoms with van der Waals surface area (Å²) < 4.78 is 27.8. The topological polar surface area (TPSA) is 84.3 Å². The standard InChI is InChI=1S/C19H26N4O3S/c1-2-13-27(25,26)23-12-6-9-18(23)19(24)20-11-10-16-14-21-22(15-16)17-7-4-3-5-8-17/h3-5,7-8,14-15,18H,2,6,9-13H2,1H3,(H,20,24). The molecule has 1 aliphatic heterocycles. The summed E-state index contributed by atoms with van der Waals surface area (Å²) in [6.45, 7) is 2.72. The molecule has 0 aliphatic carbocycles. The molecule has 1 atom stereocenters. The van der Waals surface area contributed by atoms with E-state index in [1.807, 2.05) is 43.5 Å². The molecule has 1 aromatic carbocycles. The summed E-state index contributed by atoms with van der Waals surface area (Å²) in [6, 6.07) is 9.24. The smallest absolute Gasteiger partial charge is 0.238 e. The summed E-state index contributed by atoms with van der Waals surface area (Å²) in [5.74, 6) is -0.113. The first-order valence-corrected chi connectivity index (χ1v) is 11.0. The second-order valence-electron chi connectivity index (χ2n) is 6.75. The zero-order chi connectivity index (χ0) is 19.3. The fourth-order valence-corrected chi connectivity index (χ4v) is 5.12. The summed E-state index contributed by atoms with van der Waals surface area (Å²) in [5, 5.41) is 7.23. The quantitative estimate of drug-likeness (QED) is 0.744. The van der Waals surface area contributed by atoms with Gasteiger partial charge in [0.05, 0.1) is 17.6 Å². The highest BCUT2D eigenvalue weighted by atomic mass is 32.2. The highest BCUT2D eigenvalue weighted by Crippen LogP contribution is 2.22. The van der Waals surface area contributed by atoms with Crippen molar-refractivity contribution in [3.05, 3.63) is 48.3 Å². The van der Waals surface area contributed by atoms with E-state index in [1.165, 1.54) is 4.31 Å². The Kier molecular flexibility index (Phi) is 6.28. The first-order chi connectivity index (χ1) is 13.0. The third kappa shape index (κ3) is 4.75. The van der Waals surface area contributed by atoms with Crippen molar-refractivity contribution >= 4 is 15.9 Å². The zero-order valence-corrected chi connectivity index (χ0v) is 16.4. The average molecular weight is 391 g/mol. The Morgan fingerprint density at radius 1 is 1.30 bits per heavy atom. The number of sulfonamides is 1. The van der Waals surface area contributed by atoms with Crippen LogP contribution < -0.4 is 5.32 Å². The maximum Gasteiger partial charge on any atom is 0.238 e. The van der Waals surface area contributed by atoms with Crippen LogP contribution in [-0.2, 0) is 21.2 Å². The minimum Gasteiger partial charge on any atom is -0.354 e. The van der Waals surface area contributed by atoms with Gasteiger partial charge in [-0.3, -0.25) is 4.79 Å². The highest BCUT2D eigenvalue weighted by molar-refractivity contribution is 7.89. The van der Waals surface area contributed by atoms with Crippen LogP contribution in [0, 0.1) is 0 Å². The molecular weight excluding hydrogens is 364 g/mol. The molecule has 3 rings (SSSR count). The number of para-hydroxylation sites is 1. The minimum atomic E-state index is -3.35. The Morgan fingerprint density at radius 2 is 2.07 bits per heavy atom. The number of hydrogen-bond donors (Lipinski definition) is 1. The lowest BCUT2D eigenvalue weighted by atomic mass is 10.2. The average Bonchev–Trinajstić information content (AvgIpc) is 3.32. The highest BCUT2D eigenvalue weighted by Gasteiger charge is 2.37. The van der Waals surface area contributed by atoms with E-state index in [0.717, 1.165) is 17.7 Å². The van der Waals surface area contributed by atoms with E-state index in [9.17, 15) is 13.2 Å². The number of amides is 1. The molecule has 1 amide bonds. The molecule has 8 heteroatoms. The number of carbonyl (C=O) groups excluding carboxylic acids is 1. The maximum absolute atomic E-state index is 12.5. The first-order valence-electron chi connectivity index (χ1n) is 9.37. The summed E-state index contributed by atoms with van der Waals surface area (Å²) >= 11 is 0. The van der Waals surface area contributed by atoms with E-state index in [0.29, 0.717) is 32.4 Å². The van der Waals surface area contributed by atoms with Gasteiger partial charge in [0.15, 0.2) is 0 Å². The van der Waals surface area contributed by atoms with Crippen molar-refractivity contribution < 1.29 is 13.2 Å². The van der Waals surface area contributed by atoms with Gasteiger partial charge < -0.3 is 5.32 Å². The molecule has 7 nitrogen and oxygen atoms in total. The Bertz CT molecular complexity index is 864. The number of carbonyl (C=O) groups is 1. The van der Waals surface area contributed by atoms with Crippen LogP contribution in [0.2, 0.25) is 0 Å². The van der Waals surface area contributed by atoms with Gasteiger partial charge >= 0.3 is 0 Å². The molecule has 0 radical (unpaired) electrons. The summed E-state index contributed by atoms with van der Waals surface area (Å²) in [7, 11) is -3.35. The van der Waals surface area contributed by atoms with Gasteiger partial charge in [-0.2, -0.15) is 9.40 Å². The molecule has 1 aromatic heterocycles. The van der Waals surface area contributed by atoms with Gasteiger partial charge in [-0.05, 0) is 43.4 Å². The Morgan fingerprint density at radius 3 is 2.81 bits per heavy atom. The van der Waals surface area contributed by atoms with Crippen molar-refractivity contribution in [2.45, 2.75) is 38.6 Å². The molecule has 1 saturated heterocycles. The summed E-state index contributed by atoms with van der Waals surface area (Å²) in [5.41, 5.74) is 2.00. The van der Waals surface area contributed by atoms with Gasteiger partial charge in [0, 0.05) is 19.3 Å². The predicted octanol–water partition coefficient (Wildman–Crippen LogP) is 1.74. The zero-order valence-electron chi connectivity index (χ0n) is 15.5. The van der Waals surface area contributed by atoms with E-state index < -0.39 is 16.1 Å². The van der Waals surface area contributed by atoms with E-state index in [-0.39, 0.29) is 11.7 Å². The number of nitrogens with zero attached hydrogens (tertiary/aromatic N) is 3. The van der Waals surface area contributed by atoms with E-state index >= 15 is 0 Å². The van der Waals surface area contributed by atoms with Crippen molar-refractivity contribution in [1.82, 2.24) is 19.4 Å². The molecule has 1 aliphatic rings. The van der Waals surface area contributed by atoms with Crippen molar-refractivity contribution in [2.24, 2.45) is 0 Å². The van der Waals surface area contributed by atoms with E-state index in [2.05, 4.69) is 10.4 Å². The number of nitrogens with one attached hydrogen (secondary N) is 1. The molecule has 1 N–H and O–H groups in total. The van der Waals surface area contributed by atoms with Crippen molar-refractivity contribution in [3.63, 3.8) is 0 Å². The SMILES string of the molecule is CCCS(=O)(=O)N1CCCC1C(=O)NCCc1cnn(-c2ccccc2)c1. The number of hydrogen-bond acceptors (Lipinski definition) is 4. The molecule has 2 aromatic rings. The van der Waals surface area contributed by atoms with Crippen LogP contribution in [0.3, 0.4) is 0 Å². The van der Waals surface area contributed by atoms with Gasteiger partial charge in [0.2, 0.25) is 15.9 Å². The van der Waals surface area contributed by atoms with Crippen LogP contribution >= 0.6 is 0 Å². The third-order valence-electron chi connectivity index (χ3n) is 4.70. The van der Waals surface area contributed by atoms with Crippen LogP contribution in [0.5, 0.6) is 0 Å². The maximum atomic E-state index is 12.5. The second kappa shape index (κ2) is 8.67. The normalized spacial score (nSPS) is 17.9. The largest absolute Gasteiger partial charge is 0.354 e. The Labute approximate surface area is 160 Å². The predicted molar refractivity (Wildman–Crippen MR) is 104 cm³/mol. The van der Waals surface area contributed by atoms with Gasteiger partial charge in [-0.15, -0.1) is 0 Å². The summed E-state index contributed by atoms with van der Waals surface area (Å²) in [4.78, 5) is 12.5. The van der Waals surface area contributed by atoms with Crippen LogP contribution in [0.25, 0.3) is 5.69 Å². The molecule has 0 bridgehead atoms. The van der Waals surface area contributed by atoms with Gasteiger partial charge in [-0.1, -0.05) is 25.1 Å². The number of aromatic nitrogens is 2. The molecule has 2 heterocycles. The van der Waals surface area contributed by atoms with Crippen molar-refractivity contribution in [2.75, 3.05) is 18.8 Å². The fraction of sp³-hybridized carbons (Fsp3) is 0.474. The van der Waals surface area contributed by atoms with Crippen LogP contribution in [0.1, 0.15) is 31.7 Å². The number of rotatable bonds is 8. The minimum absolute atomic E-state index is 0.0927. The van der Waals surface area contributed by atoms with Crippen LogP contribution in [-0.4, -0.2) is 53.3 Å². The molecule has 0 saturated carbocycles. The van der Waals surface area contributed by atoms with Gasteiger partial charge in [-0.25, -0.2) is 13.1 Å². The molecule has 1 fully saturated rings. The number of benzene rings is 1. The molecule has 27 heavy (non-hydrogen) atoms. The Hall–Kier alpha value is -2.19. The third-order valence-corrected chi connectivity index (χ3v) is 6.77. The van der Waals surface area contributed by atoms with Gasteiger partial charge in [0.25, 0.3) is 0 Å². The van der Waals surface area contributed by atoms with E-state index in [1.54, 1.807) is 10.9 Å². The lowest BCUT2D eigenvalue weighted by Gasteiger charge is -2.23. The van der Waals surface area contributed by atoms with Crippen LogP contribution in [0.4, 0.5) is 0 Å². The lowest BCUT2D eigenvalue weighted by molar-refractivity contribution is -0.124. The van der Waals surface area contributed by atoms with Crippen molar-refractivity contribution in [1.29, 1.82) is 0 Å². The monoisotopic (exact) mass is 390 g/mol. The van der Waals surface area contributed by atoms with E-state index in [4.69, 9.17) is 0 Å². The molecule has 1 unspecified atom stereocenters.